The van der Waals surface area contributed by atoms with Crippen molar-refractivity contribution < 1.29 is 32.2 Å². The van der Waals surface area contributed by atoms with Gasteiger partial charge in [0.1, 0.15) is 11.6 Å². The minimum Gasteiger partial charge on any atom is -0.493 e. The highest BCUT2D eigenvalue weighted by Gasteiger charge is 2.37. The lowest BCUT2D eigenvalue weighted by Crippen LogP contribution is -2.38. The Balaban J connectivity index is 0.000000258. The highest BCUT2D eigenvalue weighted by Crippen LogP contribution is 2.39. The number of hydrogen-bond donors (Lipinski definition) is 2. The first-order chi connectivity index (χ1) is 26.6. The van der Waals surface area contributed by atoms with Gasteiger partial charge in [0.2, 0.25) is 5.91 Å². The first-order valence-corrected chi connectivity index (χ1v) is 20.8. The summed E-state index contributed by atoms with van der Waals surface area (Å²) in [6.45, 7) is 16.9. The molecule has 3 aliphatic carbocycles. The van der Waals surface area contributed by atoms with Gasteiger partial charge in [-0.1, -0.05) is 75.0 Å². The number of nitrogens with one attached hydrogen (secondary N) is 1. The minimum absolute atomic E-state index is 0.171. The Bertz CT molecular complexity index is 1700. The molecule has 0 aliphatic heterocycles. The van der Waals surface area contributed by atoms with Crippen LogP contribution in [-0.4, -0.2) is 24.2 Å². The molecule has 0 bridgehead atoms. The molecule has 8 heteroatoms. The van der Waals surface area contributed by atoms with Crippen molar-refractivity contribution in [2.24, 2.45) is 11.3 Å². The highest BCUT2D eigenvalue weighted by atomic mass is 19.4. The molecule has 0 aromatic heterocycles. The zero-order valence-electron chi connectivity index (χ0n) is 35.3. The number of alkyl halides is 3. The maximum atomic E-state index is 13.7. The Kier molecular flexibility index (Phi) is 18.6. The van der Waals surface area contributed by atoms with Crippen molar-refractivity contribution in [1.29, 1.82) is 0 Å². The molecular formula is C48H67F4NO3. The quantitative estimate of drug-likeness (QED) is 0.136. The van der Waals surface area contributed by atoms with Crippen LogP contribution in [0.1, 0.15) is 159 Å². The lowest BCUT2D eigenvalue weighted by atomic mass is 9.81. The monoisotopic (exact) mass is 782 g/mol. The Morgan fingerprint density at radius 2 is 1.64 bits per heavy atom. The summed E-state index contributed by atoms with van der Waals surface area (Å²) in [4.78, 5) is 13.2. The number of carbonyl (C=O) groups is 1. The standard InChI is InChI=1S/C23H31F4NO.C14H20O2.C11H16/c1-5-15(3)20(17-9-10-19(24)18(14-17)23(25,26)27)28-21(29)22(4)12-7-8-16(6-2)11-13-22;1-4-6-14-11(2)9-13(10-12(14)3)16-8-5-7-15;1-9(11-6-3-7-11)8-10-4-2-5-10/h9-10,14,16H,5-8,11-13H2,1-4H3,(H,28,29);4,6,9-10,15H,5,7-8H2,1-3H3;8H,2-7H2,1H3/b20-15+;6-4+;. The van der Waals surface area contributed by atoms with Gasteiger partial charge in [-0.3, -0.25) is 4.79 Å². The fourth-order valence-corrected chi connectivity index (χ4v) is 7.36. The number of rotatable bonds is 11. The molecule has 3 fully saturated rings. The lowest BCUT2D eigenvalue weighted by molar-refractivity contribution is -0.140. The summed E-state index contributed by atoms with van der Waals surface area (Å²) in [7, 11) is 0. The molecule has 0 spiro atoms. The molecule has 2 aromatic carbocycles. The average Bonchev–Trinajstić information content (AvgIpc) is 3.31. The molecule has 5 rings (SSSR count). The van der Waals surface area contributed by atoms with Gasteiger partial charge in [-0.05, 0) is 163 Å². The first kappa shape index (κ1) is 46.7. The van der Waals surface area contributed by atoms with Crippen LogP contribution < -0.4 is 10.1 Å². The molecule has 2 unspecified atom stereocenters. The van der Waals surface area contributed by atoms with E-state index in [9.17, 15) is 22.4 Å². The number of aliphatic hydroxyl groups excluding tert-OH is 1. The number of benzene rings is 2. The molecule has 0 saturated heterocycles. The van der Waals surface area contributed by atoms with Crippen molar-refractivity contribution in [3.63, 3.8) is 0 Å². The van der Waals surface area contributed by atoms with E-state index in [2.05, 4.69) is 45.2 Å². The van der Waals surface area contributed by atoms with E-state index in [4.69, 9.17) is 9.84 Å². The molecule has 0 heterocycles. The Morgan fingerprint density at radius 1 is 0.982 bits per heavy atom. The molecule has 1 amide bonds. The zero-order chi connectivity index (χ0) is 41.5. The van der Waals surface area contributed by atoms with E-state index >= 15 is 0 Å². The van der Waals surface area contributed by atoms with Gasteiger partial charge >= 0.3 is 6.18 Å². The molecule has 2 N–H and O–H groups in total. The van der Waals surface area contributed by atoms with Gasteiger partial charge in [-0.2, -0.15) is 13.2 Å². The summed E-state index contributed by atoms with van der Waals surface area (Å²) in [5.41, 5.74) is 8.06. The van der Waals surface area contributed by atoms with E-state index in [-0.39, 0.29) is 18.1 Å². The van der Waals surface area contributed by atoms with Crippen LogP contribution >= 0.6 is 0 Å². The molecule has 2 aromatic rings. The third kappa shape index (κ3) is 13.8. The molecule has 0 radical (unpaired) electrons. The van der Waals surface area contributed by atoms with Crippen LogP contribution in [0.2, 0.25) is 0 Å². The van der Waals surface area contributed by atoms with E-state index in [0.29, 0.717) is 31.1 Å². The number of aryl methyl sites for hydroxylation is 2. The van der Waals surface area contributed by atoms with Crippen molar-refractivity contribution in [2.45, 2.75) is 151 Å². The summed E-state index contributed by atoms with van der Waals surface area (Å²) in [5.74, 6) is 0.0116. The number of hydrogen-bond acceptors (Lipinski definition) is 3. The van der Waals surface area contributed by atoms with Crippen LogP contribution in [0.5, 0.6) is 5.75 Å². The third-order valence-electron chi connectivity index (χ3n) is 11.7. The number of amides is 1. The fraction of sp³-hybridized carbons (Fsp3) is 0.562. The second kappa shape index (κ2) is 22.3. The number of halogens is 4. The summed E-state index contributed by atoms with van der Waals surface area (Å²) in [6.07, 6.45) is 17.0. The lowest BCUT2D eigenvalue weighted by Gasteiger charge is -2.28. The van der Waals surface area contributed by atoms with Crippen LogP contribution in [0.25, 0.3) is 11.8 Å². The van der Waals surface area contributed by atoms with Crippen molar-refractivity contribution >= 4 is 17.7 Å². The van der Waals surface area contributed by atoms with E-state index in [1.54, 1.807) is 23.6 Å². The van der Waals surface area contributed by atoms with Gasteiger partial charge in [0.05, 0.1) is 12.2 Å². The molecule has 56 heavy (non-hydrogen) atoms. The van der Waals surface area contributed by atoms with Crippen LogP contribution in [-0.2, 0) is 11.0 Å². The van der Waals surface area contributed by atoms with Gasteiger partial charge in [0.15, 0.2) is 0 Å². The topological polar surface area (TPSA) is 58.6 Å². The molecule has 4 nitrogen and oxygen atoms in total. The predicted molar refractivity (Wildman–Crippen MR) is 224 cm³/mol. The third-order valence-corrected chi connectivity index (χ3v) is 11.7. The SMILES string of the molecule is C/C=C/c1c(C)cc(OCCCO)cc1C.CC(C=C1CCC1)=C1CCC1.CC/C(C)=C(/NC(=O)C1(C)CCCC(CC)CC1)c1ccc(F)c(C(F)(F)F)c1. The van der Waals surface area contributed by atoms with Crippen LogP contribution in [0.15, 0.2) is 64.8 Å². The van der Waals surface area contributed by atoms with Gasteiger partial charge in [0, 0.05) is 24.1 Å². The van der Waals surface area contributed by atoms with Crippen molar-refractivity contribution in [3.05, 3.63) is 98.4 Å². The van der Waals surface area contributed by atoms with Crippen LogP contribution in [0.4, 0.5) is 17.6 Å². The van der Waals surface area contributed by atoms with Crippen LogP contribution in [0, 0.1) is 31.0 Å². The van der Waals surface area contributed by atoms with Crippen molar-refractivity contribution in [1.82, 2.24) is 5.32 Å². The molecule has 310 valence electrons. The highest BCUT2D eigenvalue weighted by molar-refractivity contribution is 5.91. The maximum Gasteiger partial charge on any atom is 0.419 e. The molecule has 3 aliphatic rings. The number of carbonyl (C=O) groups excluding carboxylic acids is 1. The van der Waals surface area contributed by atoms with E-state index < -0.39 is 23.0 Å². The fourth-order valence-electron chi connectivity index (χ4n) is 7.36. The number of ether oxygens (including phenoxy) is 1. The Labute approximate surface area is 334 Å². The number of allylic oxidation sites excluding steroid dienone is 6. The Hall–Kier alpha value is -3.65. The molecular weight excluding hydrogens is 715 g/mol. The van der Waals surface area contributed by atoms with Gasteiger partial charge < -0.3 is 15.2 Å². The first-order valence-electron chi connectivity index (χ1n) is 20.8. The van der Waals surface area contributed by atoms with Crippen molar-refractivity contribution in [3.8, 4) is 5.75 Å². The summed E-state index contributed by atoms with van der Waals surface area (Å²) < 4.78 is 58.8. The number of aliphatic hydroxyl groups is 1. The van der Waals surface area contributed by atoms with Gasteiger partial charge in [-0.25, -0.2) is 4.39 Å². The summed E-state index contributed by atoms with van der Waals surface area (Å²) in [5, 5.41) is 11.6. The van der Waals surface area contributed by atoms with Gasteiger partial charge in [-0.15, -0.1) is 0 Å². The second-order valence-electron chi connectivity index (χ2n) is 16.1. The van der Waals surface area contributed by atoms with Gasteiger partial charge in [0.25, 0.3) is 0 Å². The summed E-state index contributed by atoms with van der Waals surface area (Å²) in [6, 6.07) is 6.97. The Morgan fingerprint density at radius 3 is 2.16 bits per heavy atom. The minimum atomic E-state index is -4.79. The largest absolute Gasteiger partial charge is 0.493 e. The predicted octanol–water partition coefficient (Wildman–Crippen LogP) is 13.8. The van der Waals surface area contributed by atoms with Crippen molar-refractivity contribution in [2.75, 3.05) is 13.2 Å². The maximum absolute atomic E-state index is 13.7. The van der Waals surface area contributed by atoms with E-state index in [1.165, 1.54) is 61.3 Å². The van der Waals surface area contributed by atoms with E-state index in [0.717, 1.165) is 62.0 Å². The smallest absolute Gasteiger partial charge is 0.419 e. The second-order valence-corrected chi connectivity index (χ2v) is 16.1. The average molecular weight is 782 g/mol. The molecule has 2 atom stereocenters. The zero-order valence-corrected chi connectivity index (χ0v) is 35.3. The normalized spacial score (nSPS) is 19.9. The molecule has 3 saturated carbocycles. The summed E-state index contributed by atoms with van der Waals surface area (Å²) >= 11 is 0. The van der Waals surface area contributed by atoms with Crippen LogP contribution in [0.3, 0.4) is 0 Å². The van der Waals surface area contributed by atoms with E-state index in [1.807, 2.05) is 39.0 Å².